The molecule has 87 heavy (non-hydrogen) atoms. The molecule has 5 aliphatic rings. The first-order chi connectivity index (χ1) is 41.2. The summed E-state index contributed by atoms with van der Waals surface area (Å²) in [5.41, 5.74) is -9.98. The largest absolute Gasteiger partial charge is 0.507 e. The molecule has 6 N–H and O–H groups in total. The van der Waals surface area contributed by atoms with Crippen LogP contribution in [0.4, 0.5) is 0 Å². The molecule has 15 heteroatoms. The fourth-order valence-electron chi connectivity index (χ4n) is 19.5. The van der Waals surface area contributed by atoms with Gasteiger partial charge in [0, 0.05) is 133 Å². The number of nitrogens with one attached hydrogen (secondary N) is 2. The van der Waals surface area contributed by atoms with E-state index in [1.807, 2.05) is 12.1 Å². The van der Waals surface area contributed by atoms with Crippen LogP contribution in [0, 0.1) is 32.5 Å². The lowest BCUT2D eigenvalue weighted by atomic mass is 9.19. The number of carbonyl (C=O) groups is 3. The van der Waals surface area contributed by atoms with E-state index >= 15 is 14.4 Å². The summed E-state index contributed by atoms with van der Waals surface area (Å²) in [6, 6.07) is 13.5. The van der Waals surface area contributed by atoms with Crippen LogP contribution in [0.3, 0.4) is 0 Å². The van der Waals surface area contributed by atoms with E-state index in [2.05, 4.69) is 83.1 Å². The standard InChI is InChI=1S/C72H94N4O11/c1-13-21-48(14-2)75-42-47-35-53-39-57(64(47)83)68(11,12)72(67(9,10)56-38-52(33-45(41-74)62(56)81)86-59(78)25-29-70(72,16-4)30-26-60(79)87-53)71-65(5,6)54-36-50(34-46(63(54)82)43-76-49-22-18-17-19-23-49)84-31-20-27-69(71,15-3)28-24-58(77)85-51-32-44(40-73)61(80)55(37-51)66(71,7)8/h32-43,48-49,73-74,80-83H,13-31H2,1-12H3. The van der Waals surface area contributed by atoms with Crippen molar-refractivity contribution >= 4 is 42.8 Å². The van der Waals surface area contributed by atoms with Crippen molar-refractivity contribution in [2.24, 2.45) is 31.6 Å². The van der Waals surface area contributed by atoms with E-state index in [0.29, 0.717) is 58.4 Å². The highest BCUT2D eigenvalue weighted by molar-refractivity contribution is 5.89. The summed E-state index contributed by atoms with van der Waals surface area (Å²) in [6.45, 7) is 25.5. The molecular formula is C72H94N4O11. The Kier molecular flexibility index (Phi) is 17.9. The third-order valence-corrected chi connectivity index (χ3v) is 22.4. The molecule has 0 aromatic heterocycles. The van der Waals surface area contributed by atoms with Gasteiger partial charge >= 0.3 is 17.9 Å². The molecule has 0 spiro atoms. The number of ether oxygens (including phenoxy) is 4. The number of carbonyl (C=O) groups excluding carboxylic acids is 3. The van der Waals surface area contributed by atoms with Gasteiger partial charge < -0.3 is 50.2 Å². The van der Waals surface area contributed by atoms with Crippen LogP contribution in [-0.4, -0.2) is 81.9 Å². The van der Waals surface area contributed by atoms with Gasteiger partial charge in [-0.1, -0.05) is 109 Å². The summed E-state index contributed by atoms with van der Waals surface area (Å²) in [4.78, 5) is 55.8. The minimum Gasteiger partial charge on any atom is -0.507 e. The van der Waals surface area contributed by atoms with Gasteiger partial charge in [-0.3, -0.25) is 24.4 Å². The van der Waals surface area contributed by atoms with E-state index in [9.17, 15) is 20.4 Å². The van der Waals surface area contributed by atoms with Gasteiger partial charge in [0.1, 0.15) is 46.0 Å². The van der Waals surface area contributed by atoms with Crippen molar-refractivity contribution in [1.82, 2.24) is 0 Å². The monoisotopic (exact) mass is 1190 g/mol. The van der Waals surface area contributed by atoms with Crippen LogP contribution in [0.1, 0.15) is 243 Å². The SMILES string of the molecule is CCCC(CC)N=Cc1cc2cc(c1O)C(C)(C)C1(C34C(CC)(CCCOc5cc(C=NC6CCCCC6)c(O)c(c5)C3(C)C)CCC(=O)Oc3cc(C=N)c(O)c(c3)C4(C)C)C(CC)(CCC(=O)Oc3cc(C=N)c(O)c(c3)C1(C)C)CCC(=O)O2. The summed E-state index contributed by atoms with van der Waals surface area (Å²) in [5, 5.41) is 72.6. The molecule has 4 aromatic carbocycles. The van der Waals surface area contributed by atoms with Gasteiger partial charge in [0.2, 0.25) is 0 Å². The first kappa shape index (κ1) is 64.4. The molecule has 5 atom stereocenters. The van der Waals surface area contributed by atoms with E-state index in [1.165, 1.54) is 12.1 Å². The van der Waals surface area contributed by atoms with E-state index < -0.39 is 61.2 Å². The minimum atomic E-state index is -1.75. The quantitative estimate of drug-likeness (QED) is 0.0443. The Bertz CT molecular complexity index is 3400. The lowest BCUT2D eigenvalue weighted by molar-refractivity contribution is -0.303. The molecule has 15 nitrogen and oxygen atoms in total. The first-order valence-corrected chi connectivity index (χ1v) is 32.0. The van der Waals surface area contributed by atoms with Crippen LogP contribution in [0.25, 0.3) is 0 Å². The Balaban J connectivity index is 1.68. The smallest absolute Gasteiger partial charge is 0.311 e. The van der Waals surface area contributed by atoms with E-state index in [0.717, 1.165) is 63.8 Å². The molecule has 4 aromatic rings. The number of esters is 3. The lowest BCUT2D eigenvalue weighted by Gasteiger charge is -2.83. The lowest BCUT2D eigenvalue weighted by Crippen LogP contribution is -2.82. The van der Waals surface area contributed by atoms with Gasteiger partial charge in [-0.25, -0.2) is 0 Å². The number of hydrogen-bond donors (Lipinski definition) is 6. The van der Waals surface area contributed by atoms with Gasteiger partial charge in [-0.2, -0.15) is 0 Å². The van der Waals surface area contributed by atoms with Gasteiger partial charge in [0.25, 0.3) is 0 Å². The third-order valence-electron chi connectivity index (χ3n) is 22.4. The number of hydrogen-bond acceptors (Lipinski definition) is 15. The molecule has 1 fully saturated rings. The summed E-state index contributed by atoms with van der Waals surface area (Å²) in [7, 11) is 0. The number of phenolic OH excluding ortho intramolecular Hbond substituents is 4. The molecular weight excluding hydrogens is 1100 g/mol. The average Bonchev–Trinajstić information content (AvgIpc) is 0.628. The van der Waals surface area contributed by atoms with Crippen LogP contribution in [-0.2, 0) is 36.0 Å². The van der Waals surface area contributed by atoms with Crippen molar-refractivity contribution in [2.45, 2.75) is 232 Å². The van der Waals surface area contributed by atoms with Gasteiger partial charge in [-0.15, -0.1) is 0 Å². The van der Waals surface area contributed by atoms with E-state index in [4.69, 9.17) is 39.8 Å². The fraction of sp³-hybridized carbons (Fsp3) is 0.569. The molecule has 5 unspecified atom stereocenters. The Hall–Kier alpha value is -7.03. The molecule has 0 amide bonds. The second kappa shape index (κ2) is 24.2. The van der Waals surface area contributed by atoms with E-state index in [-0.39, 0.29) is 115 Å². The van der Waals surface area contributed by atoms with Crippen molar-refractivity contribution < 1.29 is 53.8 Å². The Morgan fingerprint density at radius 1 is 0.517 bits per heavy atom. The highest BCUT2D eigenvalue weighted by Gasteiger charge is 2.85. The highest BCUT2D eigenvalue weighted by Crippen LogP contribution is 2.87. The van der Waals surface area contributed by atoms with Crippen molar-refractivity contribution in [3.05, 3.63) is 93.0 Å². The van der Waals surface area contributed by atoms with Crippen molar-refractivity contribution in [2.75, 3.05) is 6.61 Å². The Labute approximate surface area is 514 Å². The van der Waals surface area contributed by atoms with Crippen molar-refractivity contribution in [3.8, 4) is 46.0 Å². The van der Waals surface area contributed by atoms with E-state index in [1.54, 1.807) is 36.7 Å². The van der Waals surface area contributed by atoms with Crippen LogP contribution in [0.2, 0.25) is 0 Å². The zero-order valence-corrected chi connectivity index (χ0v) is 53.6. The highest BCUT2D eigenvalue weighted by atomic mass is 16.5. The second-order valence-corrected chi connectivity index (χ2v) is 27.8. The molecule has 9 rings (SSSR count). The maximum absolute atomic E-state index is 15.3. The summed E-state index contributed by atoms with van der Waals surface area (Å²) >= 11 is 0. The number of phenols is 4. The Morgan fingerprint density at radius 2 is 0.897 bits per heavy atom. The zero-order valence-electron chi connectivity index (χ0n) is 53.6. The van der Waals surface area contributed by atoms with Gasteiger partial charge in [-0.05, 0) is 130 Å². The molecule has 8 bridgehead atoms. The number of nitrogens with zero attached hydrogens (tertiary/aromatic N) is 2. The summed E-state index contributed by atoms with van der Waals surface area (Å²) in [5.74, 6) is -1.55. The van der Waals surface area contributed by atoms with Gasteiger partial charge in [0.15, 0.2) is 0 Å². The molecule has 4 aliphatic heterocycles. The molecule has 1 aliphatic carbocycles. The van der Waals surface area contributed by atoms with Crippen LogP contribution < -0.4 is 18.9 Å². The number of aromatic hydroxyl groups is 4. The molecule has 0 radical (unpaired) electrons. The second-order valence-electron chi connectivity index (χ2n) is 27.8. The number of fused-ring (bicyclic) bond motifs is 11. The predicted octanol–water partition coefficient (Wildman–Crippen LogP) is 15.5. The maximum atomic E-state index is 15.3. The summed E-state index contributed by atoms with van der Waals surface area (Å²) < 4.78 is 25.9. The average molecular weight is 1190 g/mol. The normalized spacial score (nSPS) is 26.6. The third kappa shape index (κ3) is 10.1. The topological polar surface area (TPSA) is 241 Å². The van der Waals surface area contributed by atoms with Crippen LogP contribution in [0.5, 0.6) is 46.0 Å². The number of benzene rings is 4. The zero-order chi connectivity index (χ0) is 63.3. The Morgan fingerprint density at radius 3 is 1.30 bits per heavy atom. The first-order valence-electron chi connectivity index (χ1n) is 32.0. The number of aliphatic imine (C=N–C) groups is 2. The molecule has 0 saturated heterocycles. The fourth-order valence-corrected chi connectivity index (χ4v) is 19.5. The van der Waals surface area contributed by atoms with Crippen LogP contribution >= 0.6 is 0 Å². The van der Waals surface area contributed by atoms with Crippen LogP contribution in [0.15, 0.2) is 58.5 Å². The summed E-state index contributed by atoms with van der Waals surface area (Å²) in [6.07, 6.45) is 14.0. The van der Waals surface area contributed by atoms with Gasteiger partial charge in [0.05, 0.1) is 6.61 Å². The predicted molar refractivity (Wildman–Crippen MR) is 341 cm³/mol. The number of rotatable bonds is 12. The minimum absolute atomic E-state index is 0.0366. The molecule has 4 heterocycles. The maximum Gasteiger partial charge on any atom is 0.311 e. The van der Waals surface area contributed by atoms with Crippen molar-refractivity contribution in [1.29, 1.82) is 10.8 Å². The molecule has 1 saturated carbocycles. The van der Waals surface area contributed by atoms with Crippen molar-refractivity contribution in [3.63, 3.8) is 0 Å². The molecule has 468 valence electrons.